The molecule has 1 heterocycles. The van der Waals surface area contributed by atoms with Crippen LogP contribution in [0.1, 0.15) is 11.1 Å². The van der Waals surface area contributed by atoms with Crippen molar-refractivity contribution in [1.82, 2.24) is 0 Å². The molecule has 2 aromatic rings. The number of hydrogen-bond donors (Lipinski definition) is 0. The second kappa shape index (κ2) is 5.84. The summed E-state index contributed by atoms with van der Waals surface area (Å²) in [5.41, 5.74) is 1.88. The Hall–Kier alpha value is -1.91. The molecule has 0 saturated heterocycles. The number of esters is 1. The third kappa shape index (κ3) is 3.23. The van der Waals surface area contributed by atoms with Gasteiger partial charge in [-0.2, -0.15) is 0 Å². The van der Waals surface area contributed by atoms with Crippen LogP contribution in [0.3, 0.4) is 0 Å². The maximum Gasteiger partial charge on any atom is 0.363 e. The number of carbonyl (C=O) groups excluding carboxylic acids is 1. The van der Waals surface area contributed by atoms with Crippen molar-refractivity contribution in [2.45, 2.75) is 0 Å². The van der Waals surface area contributed by atoms with Crippen molar-refractivity contribution in [2.75, 3.05) is 0 Å². The molecule has 0 unspecified atom stereocenters. The molecule has 1 aliphatic rings. The van der Waals surface area contributed by atoms with Gasteiger partial charge in [0.1, 0.15) is 0 Å². The van der Waals surface area contributed by atoms with Gasteiger partial charge in [-0.05, 0) is 48.0 Å². The molecule has 0 amide bonds. The Morgan fingerprint density at radius 2 is 1.71 bits per heavy atom. The van der Waals surface area contributed by atoms with Crippen LogP contribution in [0.2, 0.25) is 5.02 Å². The van der Waals surface area contributed by atoms with E-state index in [1.54, 1.807) is 30.3 Å². The molecule has 5 heteroatoms. The summed E-state index contributed by atoms with van der Waals surface area (Å²) in [7, 11) is 0. The average Bonchev–Trinajstić information content (AvgIpc) is 2.83. The van der Waals surface area contributed by atoms with E-state index in [0.29, 0.717) is 16.5 Å². The molecule has 0 spiro atoms. The molecule has 0 saturated carbocycles. The largest absolute Gasteiger partial charge is 0.402 e. The van der Waals surface area contributed by atoms with Gasteiger partial charge < -0.3 is 4.74 Å². The number of halogens is 2. The Balaban J connectivity index is 1.91. The molecule has 0 atom stereocenters. The highest BCUT2D eigenvalue weighted by Gasteiger charge is 2.23. The van der Waals surface area contributed by atoms with Crippen molar-refractivity contribution >= 4 is 45.5 Å². The van der Waals surface area contributed by atoms with Crippen molar-refractivity contribution in [3.05, 3.63) is 74.9 Å². The minimum Gasteiger partial charge on any atom is -0.402 e. The summed E-state index contributed by atoms with van der Waals surface area (Å²) in [6.45, 7) is 0. The van der Waals surface area contributed by atoms with Gasteiger partial charge in [0.15, 0.2) is 5.70 Å². The number of hydrogen-bond acceptors (Lipinski definition) is 3. The van der Waals surface area contributed by atoms with Crippen LogP contribution in [0.5, 0.6) is 0 Å². The van der Waals surface area contributed by atoms with Gasteiger partial charge in [0.25, 0.3) is 0 Å². The first kappa shape index (κ1) is 14.0. The van der Waals surface area contributed by atoms with Gasteiger partial charge in [-0.1, -0.05) is 39.7 Å². The number of ether oxygens (including phenoxy) is 1. The number of carbonyl (C=O) groups is 1. The molecule has 0 aliphatic carbocycles. The lowest BCUT2D eigenvalue weighted by atomic mass is 10.2. The molecule has 0 radical (unpaired) electrons. The van der Waals surface area contributed by atoms with Crippen molar-refractivity contribution in [1.29, 1.82) is 0 Å². The first-order valence-electron chi connectivity index (χ1n) is 6.16. The molecule has 0 aromatic heterocycles. The van der Waals surface area contributed by atoms with Crippen LogP contribution in [0.25, 0.3) is 6.08 Å². The van der Waals surface area contributed by atoms with E-state index >= 15 is 0 Å². The van der Waals surface area contributed by atoms with Gasteiger partial charge >= 0.3 is 5.97 Å². The molecule has 0 N–H and O–H groups in total. The molecular formula is C16H9BrClNO2. The highest BCUT2D eigenvalue weighted by molar-refractivity contribution is 9.10. The lowest BCUT2D eigenvalue weighted by molar-refractivity contribution is -0.129. The molecule has 0 fully saturated rings. The van der Waals surface area contributed by atoms with E-state index < -0.39 is 5.97 Å². The Bertz CT molecular complexity index is 749. The highest BCUT2D eigenvalue weighted by Crippen LogP contribution is 2.21. The van der Waals surface area contributed by atoms with Crippen molar-refractivity contribution in [2.24, 2.45) is 4.99 Å². The van der Waals surface area contributed by atoms with Gasteiger partial charge in [0.05, 0.1) is 0 Å². The summed E-state index contributed by atoms with van der Waals surface area (Å²) >= 11 is 9.20. The smallest absolute Gasteiger partial charge is 0.363 e. The van der Waals surface area contributed by atoms with Crippen LogP contribution in [-0.4, -0.2) is 11.9 Å². The standard InChI is InChI=1S/C16H9BrClNO2/c17-12-5-1-10(2-6-12)9-14-16(20)21-15(19-14)11-3-7-13(18)8-4-11/h1-9H/b14-9+. The Kier molecular flexibility index (Phi) is 3.90. The average molecular weight is 363 g/mol. The summed E-state index contributed by atoms with van der Waals surface area (Å²) in [6.07, 6.45) is 1.69. The van der Waals surface area contributed by atoms with Crippen LogP contribution < -0.4 is 0 Å². The zero-order valence-corrected chi connectivity index (χ0v) is 13.1. The minimum atomic E-state index is -0.456. The van der Waals surface area contributed by atoms with Crippen LogP contribution in [0, 0.1) is 0 Å². The minimum absolute atomic E-state index is 0.280. The topological polar surface area (TPSA) is 38.7 Å². The second-order valence-corrected chi connectivity index (χ2v) is 5.75. The Morgan fingerprint density at radius 1 is 1.05 bits per heavy atom. The quantitative estimate of drug-likeness (QED) is 0.585. The normalized spacial score (nSPS) is 16.0. The fraction of sp³-hybridized carbons (Fsp3) is 0. The zero-order chi connectivity index (χ0) is 14.8. The number of aliphatic imine (C=N–C) groups is 1. The molecule has 21 heavy (non-hydrogen) atoms. The summed E-state index contributed by atoms with van der Waals surface area (Å²) in [4.78, 5) is 16.1. The Morgan fingerprint density at radius 3 is 2.38 bits per heavy atom. The van der Waals surface area contributed by atoms with E-state index in [4.69, 9.17) is 16.3 Å². The lowest BCUT2D eigenvalue weighted by Gasteiger charge is -1.98. The van der Waals surface area contributed by atoms with Crippen molar-refractivity contribution in [3.8, 4) is 0 Å². The van der Waals surface area contributed by atoms with Crippen LogP contribution in [0.15, 0.2) is 63.7 Å². The summed E-state index contributed by atoms with van der Waals surface area (Å²) in [5.74, 6) is -0.164. The predicted octanol–water partition coefficient (Wildman–Crippen LogP) is 4.45. The maximum atomic E-state index is 11.9. The third-order valence-electron chi connectivity index (χ3n) is 2.89. The molecule has 3 rings (SSSR count). The van der Waals surface area contributed by atoms with Crippen molar-refractivity contribution in [3.63, 3.8) is 0 Å². The number of nitrogens with zero attached hydrogens (tertiary/aromatic N) is 1. The van der Waals surface area contributed by atoms with E-state index in [1.807, 2.05) is 24.3 Å². The predicted molar refractivity (Wildman–Crippen MR) is 86.2 cm³/mol. The summed E-state index contributed by atoms with van der Waals surface area (Å²) in [5, 5.41) is 0.620. The fourth-order valence-corrected chi connectivity index (χ4v) is 2.23. The third-order valence-corrected chi connectivity index (χ3v) is 3.67. The maximum absolute atomic E-state index is 11.9. The zero-order valence-electron chi connectivity index (χ0n) is 10.7. The molecular weight excluding hydrogens is 354 g/mol. The van der Waals surface area contributed by atoms with Gasteiger partial charge in [0.2, 0.25) is 5.90 Å². The molecule has 1 aliphatic heterocycles. The van der Waals surface area contributed by atoms with E-state index in [9.17, 15) is 4.79 Å². The first-order valence-corrected chi connectivity index (χ1v) is 7.33. The summed E-state index contributed by atoms with van der Waals surface area (Å²) < 4.78 is 6.16. The second-order valence-electron chi connectivity index (χ2n) is 4.39. The highest BCUT2D eigenvalue weighted by atomic mass is 79.9. The van der Waals surface area contributed by atoms with Crippen LogP contribution in [-0.2, 0) is 9.53 Å². The molecule has 2 aromatic carbocycles. The van der Waals surface area contributed by atoms with E-state index in [0.717, 1.165) is 10.0 Å². The number of benzene rings is 2. The number of rotatable bonds is 2. The van der Waals surface area contributed by atoms with E-state index in [-0.39, 0.29) is 5.70 Å². The first-order chi connectivity index (χ1) is 10.1. The van der Waals surface area contributed by atoms with Crippen LogP contribution >= 0.6 is 27.5 Å². The van der Waals surface area contributed by atoms with Gasteiger partial charge in [-0.25, -0.2) is 9.79 Å². The molecule has 0 bridgehead atoms. The fourth-order valence-electron chi connectivity index (χ4n) is 1.84. The van der Waals surface area contributed by atoms with Gasteiger partial charge in [0, 0.05) is 15.1 Å². The van der Waals surface area contributed by atoms with Gasteiger partial charge in [-0.3, -0.25) is 0 Å². The Labute approximate surface area is 135 Å². The van der Waals surface area contributed by atoms with E-state index in [1.165, 1.54) is 0 Å². The van der Waals surface area contributed by atoms with Crippen LogP contribution in [0.4, 0.5) is 0 Å². The van der Waals surface area contributed by atoms with Gasteiger partial charge in [-0.15, -0.1) is 0 Å². The van der Waals surface area contributed by atoms with E-state index in [2.05, 4.69) is 20.9 Å². The monoisotopic (exact) mass is 361 g/mol. The van der Waals surface area contributed by atoms with Crippen molar-refractivity contribution < 1.29 is 9.53 Å². The number of cyclic esters (lactones) is 1. The summed E-state index contributed by atoms with van der Waals surface area (Å²) in [6, 6.07) is 14.6. The lowest BCUT2D eigenvalue weighted by Crippen LogP contribution is -2.05. The molecule has 104 valence electrons. The SMILES string of the molecule is O=C1OC(c2ccc(Cl)cc2)=N/C1=C/c1ccc(Br)cc1. The molecule has 3 nitrogen and oxygen atoms in total.